The van der Waals surface area contributed by atoms with E-state index in [2.05, 4.69) is 15.4 Å². The minimum atomic E-state index is -0.691. The molecule has 7 heteroatoms. The lowest BCUT2D eigenvalue weighted by Gasteiger charge is -2.24. The van der Waals surface area contributed by atoms with Crippen molar-refractivity contribution in [1.29, 1.82) is 0 Å². The van der Waals surface area contributed by atoms with Crippen molar-refractivity contribution in [3.63, 3.8) is 0 Å². The number of hydrogen-bond acceptors (Lipinski definition) is 6. The molecule has 0 aromatic heterocycles. The molecule has 116 valence electrons. The average Bonchev–Trinajstić information content (AvgIpc) is 2.88. The van der Waals surface area contributed by atoms with Gasteiger partial charge in [-0.25, -0.2) is 4.79 Å². The van der Waals surface area contributed by atoms with Gasteiger partial charge in [-0.1, -0.05) is 0 Å². The molecule has 0 bridgehead atoms. The first-order valence-corrected chi connectivity index (χ1v) is 7.07. The van der Waals surface area contributed by atoms with Crippen LogP contribution in [0.25, 0.3) is 0 Å². The lowest BCUT2D eigenvalue weighted by molar-refractivity contribution is -0.121. The van der Waals surface area contributed by atoms with Crippen LogP contribution >= 0.6 is 0 Å². The van der Waals surface area contributed by atoms with Crippen LogP contribution in [0.4, 0.5) is 4.79 Å². The van der Waals surface area contributed by atoms with Crippen LogP contribution in [0.3, 0.4) is 0 Å². The first-order chi connectivity index (χ1) is 9.65. The Kier molecular flexibility index (Phi) is 8.17. The first kappa shape index (κ1) is 16.9. The fourth-order valence-electron chi connectivity index (χ4n) is 2.20. The Morgan fingerprint density at radius 1 is 1.45 bits per heavy atom. The van der Waals surface area contributed by atoms with E-state index in [9.17, 15) is 9.59 Å². The summed E-state index contributed by atoms with van der Waals surface area (Å²) in [4.78, 5) is 24.9. The number of nitrogens with one attached hydrogen (secondary N) is 2. The second-order valence-electron chi connectivity index (χ2n) is 4.79. The molecule has 1 unspecified atom stereocenters. The van der Waals surface area contributed by atoms with Gasteiger partial charge in [0.25, 0.3) is 0 Å². The van der Waals surface area contributed by atoms with E-state index >= 15 is 0 Å². The molecule has 1 aliphatic heterocycles. The van der Waals surface area contributed by atoms with Crippen molar-refractivity contribution in [2.24, 2.45) is 0 Å². The summed E-state index contributed by atoms with van der Waals surface area (Å²) in [5, 5.41) is 5.60. The molecule has 1 rings (SSSR count). The molecule has 0 saturated carbocycles. The predicted octanol–water partition coefficient (Wildman–Crippen LogP) is -0.0405. The number of imide groups is 1. The maximum absolute atomic E-state index is 11.8. The number of alkyl carbamates (subject to hydrolysis) is 1. The third-order valence-corrected chi connectivity index (χ3v) is 3.14. The summed E-state index contributed by atoms with van der Waals surface area (Å²) in [7, 11) is 1.63. The summed E-state index contributed by atoms with van der Waals surface area (Å²) in [6.45, 7) is 5.13. The van der Waals surface area contributed by atoms with Gasteiger partial charge in [0.2, 0.25) is 5.91 Å². The molecule has 1 fully saturated rings. The zero-order chi connectivity index (χ0) is 14.8. The lowest BCUT2D eigenvalue weighted by Crippen LogP contribution is -2.45. The monoisotopic (exact) mass is 287 g/mol. The van der Waals surface area contributed by atoms with Crippen molar-refractivity contribution >= 4 is 12.0 Å². The fraction of sp³-hybridized carbons (Fsp3) is 0.846. The molecule has 1 aliphatic rings. The molecule has 2 amide bonds. The van der Waals surface area contributed by atoms with Crippen LogP contribution in [0.2, 0.25) is 0 Å². The molecule has 1 saturated heterocycles. The smallest absolute Gasteiger partial charge is 0.413 e. The number of methoxy groups -OCH3 is 1. The van der Waals surface area contributed by atoms with Crippen molar-refractivity contribution < 1.29 is 19.1 Å². The third kappa shape index (κ3) is 6.83. The van der Waals surface area contributed by atoms with Crippen molar-refractivity contribution in [3.8, 4) is 0 Å². The van der Waals surface area contributed by atoms with Crippen LogP contribution < -0.4 is 10.6 Å². The number of amides is 2. The van der Waals surface area contributed by atoms with Gasteiger partial charge in [0.05, 0.1) is 19.8 Å². The lowest BCUT2D eigenvalue weighted by atomic mass is 10.2. The number of carbonyl (C=O) groups excluding carboxylic acids is 2. The molecule has 7 nitrogen and oxygen atoms in total. The molecule has 0 radical (unpaired) electrons. The van der Waals surface area contributed by atoms with Crippen molar-refractivity contribution in [3.05, 3.63) is 0 Å². The zero-order valence-corrected chi connectivity index (χ0v) is 12.3. The SMILES string of the molecule is CCOC(=O)NC(=O)CN(CCOC)CC1CCCN1. The van der Waals surface area contributed by atoms with E-state index in [1.165, 1.54) is 0 Å². The van der Waals surface area contributed by atoms with Crippen LogP contribution in [0.5, 0.6) is 0 Å². The minimum absolute atomic E-state index is 0.167. The maximum atomic E-state index is 11.8. The van der Waals surface area contributed by atoms with Crippen molar-refractivity contribution in [1.82, 2.24) is 15.5 Å². The molecule has 0 spiro atoms. The summed E-state index contributed by atoms with van der Waals surface area (Å²) < 4.78 is 9.73. The Morgan fingerprint density at radius 2 is 2.25 bits per heavy atom. The predicted molar refractivity (Wildman–Crippen MR) is 74.5 cm³/mol. The number of ether oxygens (including phenoxy) is 2. The van der Waals surface area contributed by atoms with Gasteiger partial charge in [-0.2, -0.15) is 0 Å². The second kappa shape index (κ2) is 9.68. The Labute approximate surface area is 120 Å². The summed E-state index contributed by atoms with van der Waals surface area (Å²) in [6.07, 6.45) is 1.59. The molecule has 0 aromatic rings. The highest BCUT2D eigenvalue weighted by atomic mass is 16.5. The highest BCUT2D eigenvalue weighted by Crippen LogP contribution is 2.06. The quantitative estimate of drug-likeness (QED) is 0.652. The Hall–Kier alpha value is -1.18. The molecular formula is C13H25N3O4. The summed E-state index contributed by atoms with van der Waals surface area (Å²) in [5.41, 5.74) is 0. The van der Waals surface area contributed by atoms with E-state index < -0.39 is 6.09 Å². The molecule has 0 aromatic carbocycles. The van der Waals surface area contributed by atoms with E-state index in [0.717, 1.165) is 25.9 Å². The molecule has 0 aliphatic carbocycles. The highest BCUT2D eigenvalue weighted by Gasteiger charge is 2.20. The number of hydrogen-bond donors (Lipinski definition) is 2. The summed E-state index contributed by atoms with van der Waals surface area (Å²) in [5.74, 6) is -0.349. The summed E-state index contributed by atoms with van der Waals surface area (Å²) in [6, 6.07) is 0.405. The Bertz CT molecular complexity index is 306. The van der Waals surface area contributed by atoms with Gasteiger partial charge < -0.3 is 14.8 Å². The average molecular weight is 287 g/mol. The van der Waals surface area contributed by atoms with Gasteiger partial charge in [-0.15, -0.1) is 0 Å². The fourth-order valence-corrected chi connectivity index (χ4v) is 2.20. The molecule has 20 heavy (non-hydrogen) atoms. The zero-order valence-electron chi connectivity index (χ0n) is 12.3. The second-order valence-corrected chi connectivity index (χ2v) is 4.79. The number of carbonyl (C=O) groups is 2. The van der Waals surface area contributed by atoms with Crippen LogP contribution in [-0.4, -0.2) is 69.4 Å². The van der Waals surface area contributed by atoms with E-state index in [1.54, 1.807) is 14.0 Å². The van der Waals surface area contributed by atoms with Crippen LogP contribution in [-0.2, 0) is 14.3 Å². The molecule has 2 N–H and O–H groups in total. The molecule has 1 heterocycles. The van der Waals surface area contributed by atoms with Crippen molar-refractivity contribution in [2.45, 2.75) is 25.8 Å². The van der Waals surface area contributed by atoms with E-state index in [1.807, 2.05) is 4.90 Å². The Balaban J connectivity index is 2.37. The van der Waals surface area contributed by atoms with Crippen LogP contribution in [0, 0.1) is 0 Å². The molecular weight excluding hydrogens is 262 g/mol. The van der Waals surface area contributed by atoms with Gasteiger partial charge in [0.1, 0.15) is 0 Å². The third-order valence-electron chi connectivity index (χ3n) is 3.14. The highest BCUT2D eigenvalue weighted by molar-refractivity contribution is 5.92. The van der Waals surface area contributed by atoms with Gasteiger partial charge in [0, 0.05) is 26.2 Å². The number of rotatable bonds is 8. The maximum Gasteiger partial charge on any atom is 0.413 e. The standard InChI is InChI=1S/C13H25N3O4/c1-3-20-13(18)15-12(17)10-16(7-8-19-2)9-11-5-4-6-14-11/h11,14H,3-10H2,1-2H3,(H,15,17,18). The van der Waals surface area contributed by atoms with E-state index in [0.29, 0.717) is 19.2 Å². The normalized spacial score (nSPS) is 18.2. The topological polar surface area (TPSA) is 79.9 Å². The van der Waals surface area contributed by atoms with Crippen LogP contribution in [0.15, 0.2) is 0 Å². The number of nitrogens with zero attached hydrogens (tertiary/aromatic N) is 1. The first-order valence-electron chi connectivity index (χ1n) is 7.07. The van der Waals surface area contributed by atoms with Crippen LogP contribution in [0.1, 0.15) is 19.8 Å². The van der Waals surface area contributed by atoms with Gasteiger partial charge in [0.15, 0.2) is 0 Å². The largest absolute Gasteiger partial charge is 0.450 e. The Morgan fingerprint density at radius 3 is 2.85 bits per heavy atom. The van der Waals surface area contributed by atoms with E-state index in [4.69, 9.17) is 4.74 Å². The van der Waals surface area contributed by atoms with Crippen molar-refractivity contribution in [2.75, 3.05) is 46.5 Å². The minimum Gasteiger partial charge on any atom is -0.450 e. The van der Waals surface area contributed by atoms with Gasteiger partial charge in [-0.3, -0.25) is 15.0 Å². The molecule has 1 atom stereocenters. The van der Waals surface area contributed by atoms with Gasteiger partial charge >= 0.3 is 6.09 Å². The van der Waals surface area contributed by atoms with E-state index in [-0.39, 0.29) is 19.1 Å². The summed E-state index contributed by atoms with van der Waals surface area (Å²) >= 11 is 0. The van der Waals surface area contributed by atoms with Gasteiger partial charge in [-0.05, 0) is 26.3 Å².